The third-order valence-corrected chi connectivity index (χ3v) is 8.04. The fraction of sp³-hybridized carbons (Fsp3) is 0.100. The number of sulfonamides is 1. The molecular formula is C30H25FN2O4S. The molecule has 0 fully saturated rings. The molecule has 0 saturated heterocycles. The van der Waals surface area contributed by atoms with Crippen LogP contribution >= 0.6 is 0 Å². The molecule has 0 bridgehead atoms. The number of nitrogens with zero attached hydrogens (tertiary/aromatic N) is 2. The normalized spacial score (nSPS) is 11.7. The van der Waals surface area contributed by atoms with Gasteiger partial charge in [0.2, 0.25) is 10.0 Å². The number of aromatic nitrogens is 1. The number of benzene rings is 4. The average molecular weight is 529 g/mol. The van der Waals surface area contributed by atoms with Gasteiger partial charge < -0.3 is 4.42 Å². The van der Waals surface area contributed by atoms with Gasteiger partial charge in [0.05, 0.1) is 16.3 Å². The van der Waals surface area contributed by atoms with Crippen molar-refractivity contribution >= 4 is 10.0 Å². The Labute approximate surface area is 220 Å². The lowest BCUT2D eigenvalue weighted by molar-refractivity contribution is 0.401. The first kappa shape index (κ1) is 25.4. The molecule has 0 aliphatic carbocycles. The molecule has 1 aromatic heterocycles. The van der Waals surface area contributed by atoms with E-state index in [0.717, 1.165) is 11.1 Å². The summed E-state index contributed by atoms with van der Waals surface area (Å²) in [6.45, 7) is 2.08. The molecule has 192 valence electrons. The van der Waals surface area contributed by atoms with Crippen molar-refractivity contribution in [2.24, 2.45) is 0 Å². The summed E-state index contributed by atoms with van der Waals surface area (Å²) in [5.74, 6) is -0.670. The quantitative estimate of drug-likeness (QED) is 0.250. The van der Waals surface area contributed by atoms with Crippen LogP contribution < -0.4 is 5.76 Å². The molecule has 5 rings (SSSR count). The molecule has 0 aliphatic heterocycles. The summed E-state index contributed by atoms with van der Waals surface area (Å²) in [6, 6.07) is 30.7. The first-order valence-electron chi connectivity index (χ1n) is 12.0. The molecule has 0 saturated carbocycles. The Balaban J connectivity index is 1.51. The lowest BCUT2D eigenvalue weighted by Gasteiger charge is -2.23. The standard InChI is InChI=1S/C30H25FN2O4S/c1-22-29(33(30(34)37-22)27-16-14-26(31)15-17-27)25-12-18-28(19-13-25)38(35,36)32(20-23-8-4-2-5-9-23)21-24-10-6-3-7-11-24/h2-19H,20-21H2,1H3. The van der Waals surface area contributed by atoms with E-state index in [4.69, 9.17) is 4.42 Å². The molecule has 1 heterocycles. The van der Waals surface area contributed by atoms with Crippen molar-refractivity contribution in [1.29, 1.82) is 0 Å². The van der Waals surface area contributed by atoms with Crippen molar-refractivity contribution in [3.63, 3.8) is 0 Å². The molecule has 0 radical (unpaired) electrons. The van der Waals surface area contributed by atoms with Crippen LogP contribution in [0.25, 0.3) is 16.9 Å². The van der Waals surface area contributed by atoms with E-state index in [-0.39, 0.29) is 18.0 Å². The SMILES string of the molecule is Cc1oc(=O)n(-c2ccc(F)cc2)c1-c1ccc(S(=O)(=O)N(Cc2ccccc2)Cc2ccccc2)cc1. The van der Waals surface area contributed by atoms with Crippen LogP contribution in [0.2, 0.25) is 0 Å². The van der Waals surface area contributed by atoms with E-state index in [1.807, 2.05) is 60.7 Å². The van der Waals surface area contributed by atoms with Crippen LogP contribution in [0.4, 0.5) is 4.39 Å². The number of rotatable bonds is 8. The first-order valence-corrected chi connectivity index (χ1v) is 13.4. The molecule has 0 N–H and O–H groups in total. The summed E-state index contributed by atoms with van der Waals surface area (Å²) in [5, 5.41) is 0. The zero-order valence-electron chi connectivity index (χ0n) is 20.6. The van der Waals surface area contributed by atoms with Gasteiger partial charge in [-0.2, -0.15) is 4.31 Å². The van der Waals surface area contributed by atoms with Crippen molar-refractivity contribution < 1.29 is 17.2 Å². The minimum Gasteiger partial charge on any atom is -0.412 e. The van der Waals surface area contributed by atoms with Crippen molar-refractivity contribution in [1.82, 2.24) is 8.87 Å². The van der Waals surface area contributed by atoms with Gasteiger partial charge in [-0.25, -0.2) is 22.2 Å². The van der Waals surface area contributed by atoms with E-state index < -0.39 is 21.6 Å². The highest BCUT2D eigenvalue weighted by molar-refractivity contribution is 7.89. The maximum absolute atomic E-state index is 13.8. The number of aryl methyl sites for hydroxylation is 1. The fourth-order valence-electron chi connectivity index (χ4n) is 4.36. The van der Waals surface area contributed by atoms with E-state index in [2.05, 4.69) is 0 Å². The Kier molecular flexibility index (Phi) is 7.09. The summed E-state index contributed by atoms with van der Waals surface area (Å²) in [6.07, 6.45) is 0. The number of hydrogen-bond donors (Lipinski definition) is 0. The zero-order chi connectivity index (χ0) is 26.7. The van der Waals surface area contributed by atoms with Crippen LogP contribution in [0.3, 0.4) is 0 Å². The van der Waals surface area contributed by atoms with E-state index in [0.29, 0.717) is 22.7 Å². The molecule has 0 amide bonds. The molecule has 0 spiro atoms. The van der Waals surface area contributed by atoms with Crippen molar-refractivity contribution in [2.75, 3.05) is 0 Å². The van der Waals surface area contributed by atoms with Gasteiger partial charge in [0.1, 0.15) is 11.6 Å². The smallest absolute Gasteiger partial charge is 0.412 e. The summed E-state index contributed by atoms with van der Waals surface area (Å²) in [7, 11) is -3.87. The van der Waals surface area contributed by atoms with Gasteiger partial charge in [0.15, 0.2) is 0 Å². The lowest BCUT2D eigenvalue weighted by Crippen LogP contribution is -2.30. The Morgan fingerprint density at radius 3 is 1.82 bits per heavy atom. The Hall–Kier alpha value is -4.27. The maximum atomic E-state index is 13.8. The minimum absolute atomic E-state index is 0.130. The highest BCUT2D eigenvalue weighted by atomic mass is 32.2. The zero-order valence-corrected chi connectivity index (χ0v) is 21.4. The molecule has 5 aromatic rings. The van der Waals surface area contributed by atoms with Gasteiger partial charge >= 0.3 is 5.76 Å². The summed E-state index contributed by atoms with van der Waals surface area (Å²) in [5.41, 5.74) is 3.25. The molecule has 0 aliphatic rings. The van der Waals surface area contributed by atoms with E-state index >= 15 is 0 Å². The van der Waals surface area contributed by atoms with Crippen LogP contribution in [0.5, 0.6) is 0 Å². The van der Waals surface area contributed by atoms with Crippen molar-refractivity contribution in [2.45, 2.75) is 24.9 Å². The first-order chi connectivity index (χ1) is 18.3. The van der Waals surface area contributed by atoms with Gasteiger partial charge in [-0.1, -0.05) is 72.8 Å². The fourth-order valence-corrected chi connectivity index (χ4v) is 5.78. The molecule has 6 nitrogen and oxygen atoms in total. The van der Waals surface area contributed by atoms with Crippen molar-refractivity contribution in [3.05, 3.63) is 142 Å². The number of hydrogen-bond acceptors (Lipinski definition) is 4. The third-order valence-electron chi connectivity index (χ3n) is 6.23. The van der Waals surface area contributed by atoms with Gasteiger partial charge in [-0.3, -0.25) is 0 Å². The van der Waals surface area contributed by atoms with Crippen LogP contribution in [-0.4, -0.2) is 17.3 Å². The van der Waals surface area contributed by atoms with Crippen LogP contribution in [0.15, 0.2) is 123 Å². The Morgan fingerprint density at radius 2 is 1.29 bits per heavy atom. The van der Waals surface area contributed by atoms with Crippen molar-refractivity contribution in [3.8, 4) is 16.9 Å². The highest BCUT2D eigenvalue weighted by Gasteiger charge is 2.26. The average Bonchev–Trinajstić information content (AvgIpc) is 3.23. The monoisotopic (exact) mass is 528 g/mol. The molecule has 8 heteroatoms. The molecule has 0 atom stereocenters. The highest BCUT2D eigenvalue weighted by Crippen LogP contribution is 2.28. The third kappa shape index (κ3) is 5.22. The van der Waals surface area contributed by atoms with Gasteiger partial charge in [-0.15, -0.1) is 0 Å². The Morgan fingerprint density at radius 1 is 0.763 bits per heavy atom. The predicted octanol–water partition coefficient (Wildman–Crippen LogP) is 5.94. The lowest BCUT2D eigenvalue weighted by atomic mass is 10.1. The largest absolute Gasteiger partial charge is 0.424 e. The number of oxazole rings is 1. The predicted molar refractivity (Wildman–Crippen MR) is 144 cm³/mol. The second-order valence-corrected chi connectivity index (χ2v) is 10.8. The van der Waals surface area contributed by atoms with Gasteiger partial charge in [-0.05, 0) is 54.4 Å². The van der Waals surface area contributed by atoms with Crippen LogP contribution in [0, 0.1) is 12.7 Å². The molecular weight excluding hydrogens is 503 g/mol. The molecule has 4 aromatic carbocycles. The summed E-state index contributed by atoms with van der Waals surface area (Å²) < 4.78 is 49.2. The molecule has 0 unspecified atom stereocenters. The van der Waals surface area contributed by atoms with Crippen LogP contribution in [0.1, 0.15) is 16.9 Å². The summed E-state index contributed by atoms with van der Waals surface area (Å²) >= 11 is 0. The Bertz CT molecular complexity index is 1650. The van der Waals surface area contributed by atoms with E-state index in [9.17, 15) is 17.6 Å². The van der Waals surface area contributed by atoms with E-state index in [1.54, 1.807) is 19.1 Å². The topological polar surface area (TPSA) is 72.5 Å². The summed E-state index contributed by atoms with van der Waals surface area (Å²) in [4.78, 5) is 12.7. The second-order valence-electron chi connectivity index (χ2n) is 8.85. The second kappa shape index (κ2) is 10.6. The maximum Gasteiger partial charge on any atom is 0.424 e. The minimum atomic E-state index is -3.87. The van der Waals surface area contributed by atoms with Crippen LogP contribution in [-0.2, 0) is 23.1 Å². The number of halogens is 1. The van der Waals surface area contributed by atoms with Gasteiger partial charge in [0.25, 0.3) is 0 Å². The van der Waals surface area contributed by atoms with Gasteiger partial charge in [0, 0.05) is 18.7 Å². The molecule has 38 heavy (non-hydrogen) atoms. The van der Waals surface area contributed by atoms with E-state index in [1.165, 1.54) is 45.3 Å².